The van der Waals surface area contributed by atoms with Crippen LogP contribution in [0.15, 0.2) is 36.0 Å². The Balaban J connectivity index is 2.11. The van der Waals surface area contributed by atoms with Gasteiger partial charge in [0.1, 0.15) is 16.2 Å². The van der Waals surface area contributed by atoms with Gasteiger partial charge in [0.05, 0.1) is 6.54 Å². The summed E-state index contributed by atoms with van der Waals surface area (Å²) in [6.07, 6.45) is -2.94. The fraction of sp³-hybridized carbons (Fsp3) is 0.200. The molecule has 0 bridgehead atoms. The molecular weight excluding hydrogens is 347 g/mol. The van der Waals surface area contributed by atoms with Crippen molar-refractivity contribution in [3.63, 3.8) is 0 Å². The van der Waals surface area contributed by atoms with Gasteiger partial charge >= 0.3 is 6.18 Å². The zero-order chi connectivity index (χ0) is 16.6. The normalized spacial score (nSPS) is 11.9. The minimum Gasteiger partial charge on any atom is -0.336 e. The largest absolute Gasteiger partial charge is 0.431 e. The fourth-order valence-corrected chi connectivity index (χ4v) is 3.14. The van der Waals surface area contributed by atoms with Gasteiger partial charge in [0, 0.05) is 16.8 Å². The zero-order valence-electron chi connectivity index (χ0n) is 11.9. The van der Waals surface area contributed by atoms with E-state index in [2.05, 4.69) is 10.2 Å². The number of hydrogen-bond donors (Lipinski definition) is 0. The molecule has 0 saturated carbocycles. The zero-order valence-corrected chi connectivity index (χ0v) is 13.5. The summed E-state index contributed by atoms with van der Waals surface area (Å²) in [5.74, 6) is 0. The number of alkyl halides is 3. The van der Waals surface area contributed by atoms with Gasteiger partial charge in [-0.25, -0.2) is 0 Å². The maximum absolute atomic E-state index is 13.5. The molecule has 3 aromatic rings. The molecule has 2 aromatic heterocycles. The average Bonchev–Trinajstić information content (AvgIpc) is 3.07. The first kappa shape index (κ1) is 16.0. The Hall–Kier alpha value is -1.86. The van der Waals surface area contributed by atoms with Gasteiger partial charge in [-0.1, -0.05) is 23.7 Å². The van der Waals surface area contributed by atoms with E-state index in [1.165, 1.54) is 34.5 Å². The molecule has 0 radical (unpaired) electrons. The maximum atomic E-state index is 13.5. The van der Waals surface area contributed by atoms with Crippen molar-refractivity contribution in [1.29, 1.82) is 0 Å². The minimum atomic E-state index is -4.44. The van der Waals surface area contributed by atoms with Crippen molar-refractivity contribution >= 4 is 22.9 Å². The molecule has 3 nitrogen and oxygen atoms in total. The summed E-state index contributed by atoms with van der Waals surface area (Å²) in [6, 6.07) is 6.73. The molecule has 23 heavy (non-hydrogen) atoms. The highest BCUT2D eigenvalue weighted by molar-refractivity contribution is 7.09. The second-order valence-corrected chi connectivity index (χ2v) is 6.34. The van der Waals surface area contributed by atoms with Crippen LogP contribution in [0.5, 0.6) is 0 Å². The number of nitrogens with zero attached hydrogens (tertiary/aromatic N) is 3. The number of rotatable bonds is 3. The highest BCUT2D eigenvalue weighted by Crippen LogP contribution is 2.38. The Labute approximate surface area is 139 Å². The average molecular weight is 358 g/mol. The number of hydrogen-bond acceptors (Lipinski definition) is 3. The van der Waals surface area contributed by atoms with E-state index in [1.54, 1.807) is 24.3 Å². The summed E-state index contributed by atoms with van der Waals surface area (Å²) in [5, 5.41) is 8.55. The minimum absolute atomic E-state index is 0.0357. The van der Waals surface area contributed by atoms with Crippen molar-refractivity contribution < 1.29 is 13.2 Å². The molecule has 0 aliphatic rings. The van der Waals surface area contributed by atoms with Crippen molar-refractivity contribution in [2.24, 2.45) is 0 Å². The van der Waals surface area contributed by atoms with E-state index in [1.807, 2.05) is 0 Å². The van der Waals surface area contributed by atoms with E-state index < -0.39 is 11.9 Å². The van der Waals surface area contributed by atoms with E-state index in [9.17, 15) is 13.2 Å². The molecule has 0 amide bonds. The smallest absolute Gasteiger partial charge is 0.336 e. The molecule has 3 rings (SSSR count). The summed E-state index contributed by atoms with van der Waals surface area (Å²) in [4.78, 5) is 0. The Bertz CT molecular complexity index is 808. The highest BCUT2D eigenvalue weighted by Gasteiger charge is 2.37. The van der Waals surface area contributed by atoms with Crippen LogP contribution in [-0.2, 0) is 12.7 Å². The lowest BCUT2D eigenvalue weighted by Gasteiger charge is -2.11. The molecule has 1 aromatic carbocycles. The van der Waals surface area contributed by atoms with Crippen LogP contribution in [0.3, 0.4) is 0 Å². The Morgan fingerprint density at radius 3 is 2.48 bits per heavy atom. The first-order valence-electron chi connectivity index (χ1n) is 6.64. The summed E-state index contributed by atoms with van der Waals surface area (Å²) < 4.78 is 41.5. The lowest BCUT2D eigenvalue weighted by atomic mass is 10.0. The van der Waals surface area contributed by atoms with Gasteiger partial charge < -0.3 is 4.57 Å². The summed E-state index contributed by atoms with van der Waals surface area (Å²) in [5.41, 5.74) is 2.23. The molecule has 0 spiro atoms. The van der Waals surface area contributed by atoms with Crippen molar-refractivity contribution in [2.75, 3.05) is 0 Å². The molecule has 120 valence electrons. The molecule has 8 heteroatoms. The molecule has 0 atom stereocenters. The Kier molecular flexibility index (Phi) is 4.16. The summed E-state index contributed by atoms with van der Waals surface area (Å²) in [7, 11) is 0. The van der Waals surface area contributed by atoms with Crippen LogP contribution < -0.4 is 0 Å². The van der Waals surface area contributed by atoms with Gasteiger partial charge in [-0.15, -0.1) is 21.5 Å². The van der Waals surface area contributed by atoms with Gasteiger partial charge in [-0.3, -0.25) is 0 Å². The van der Waals surface area contributed by atoms with Crippen LogP contribution in [0.25, 0.3) is 11.1 Å². The number of benzene rings is 1. The van der Waals surface area contributed by atoms with Crippen molar-refractivity contribution in [3.05, 3.63) is 57.3 Å². The molecule has 0 unspecified atom stereocenters. The fourth-order valence-electron chi connectivity index (χ4n) is 2.49. The van der Waals surface area contributed by atoms with E-state index in [0.29, 0.717) is 21.2 Å². The van der Waals surface area contributed by atoms with E-state index in [0.717, 1.165) is 0 Å². The number of aromatic nitrogens is 3. The topological polar surface area (TPSA) is 30.7 Å². The Morgan fingerprint density at radius 2 is 1.91 bits per heavy atom. The standard InChI is InChI=1S/C15H11ClF3N3S/c1-9-12(10-2-4-11(16)5-3-10)6-22(14(9)15(17,18)19)7-13-21-20-8-23-13/h2-6,8H,7H2,1H3. The molecule has 2 heterocycles. The van der Waals surface area contributed by atoms with Crippen molar-refractivity contribution in [3.8, 4) is 11.1 Å². The monoisotopic (exact) mass is 357 g/mol. The SMILES string of the molecule is Cc1c(-c2ccc(Cl)cc2)cn(Cc2nncs2)c1C(F)(F)F. The van der Waals surface area contributed by atoms with Crippen LogP contribution in [0.1, 0.15) is 16.3 Å². The van der Waals surface area contributed by atoms with Gasteiger partial charge in [-0.05, 0) is 30.2 Å². The highest BCUT2D eigenvalue weighted by atomic mass is 35.5. The lowest BCUT2D eigenvalue weighted by molar-refractivity contribution is -0.143. The van der Waals surface area contributed by atoms with Gasteiger partial charge in [0.15, 0.2) is 0 Å². The van der Waals surface area contributed by atoms with E-state index in [4.69, 9.17) is 11.6 Å². The predicted octanol–water partition coefficient (Wildman–Crippen LogP) is 5.04. The van der Waals surface area contributed by atoms with Crippen LogP contribution in [0, 0.1) is 6.92 Å². The molecular formula is C15H11ClF3N3S. The maximum Gasteiger partial charge on any atom is 0.431 e. The van der Waals surface area contributed by atoms with Crippen molar-refractivity contribution in [1.82, 2.24) is 14.8 Å². The second kappa shape index (κ2) is 5.98. The molecule has 0 fully saturated rings. The van der Waals surface area contributed by atoms with E-state index >= 15 is 0 Å². The molecule has 0 saturated heterocycles. The first-order valence-corrected chi connectivity index (χ1v) is 7.90. The van der Waals surface area contributed by atoms with Crippen LogP contribution >= 0.6 is 22.9 Å². The van der Waals surface area contributed by atoms with E-state index in [-0.39, 0.29) is 12.1 Å². The predicted molar refractivity (Wildman–Crippen MR) is 83.6 cm³/mol. The molecule has 0 N–H and O–H groups in total. The van der Waals surface area contributed by atoms with Gasteiger partial charge in [-0.2, -0.15) is 13.2 Å². The second-order valence-electron chi connectivity index (χ2n) is 4.98. The lowest BCUT2D eigenvalue weighted by Crippen LogP contribution is -2.15. The van der Waals surface area contributed by atoms with Gasteiger partial charge in [0.25, 0.3) is 0 Å². The number of halogens is 4. The third kappa shape index (κ3) is 3.25. The van der Waals surface area contributed by atoms with Crippen LogP contribution in [0.4, 0.5) is 13.2 Å². The van der Waals surface area contributed by atoms with Crippen LogP contribution in [0.2, 0.25) is 5.02 Å². The third-order valence-corrected chi connectivity index (χ3v) is 4.40. The summed E-state index contributed by atoms with van der Waals surface area (Å²) >= 11 is 7.07. The van der Waals surface area contributed by atoms with Crippen LogP contribution in [-0.4, -0.2) is 14.8 Å². The van der Waals surface area contributed by atoms with Crippen molar-refractivity contribution in [2.45, 2.75) is 19.6 Å². The first-order chi connectivity index (χ1) is 10.9. The third-order valence-electron chi connectivity index (χ3n) is 3.47. The molecule has 0 aliphatic heterocycles. The molecule has 0 aliphatic carbocycles. The quantitative estimate of drug-likeness (QED) is 0.657. The van der Waals surface area contributed by atoms with Gasteiger partial charge in [0.2, 0.25) is 0 Å². The summed E-state index contributed by atoms with van der Waals surface area (Å²) in [6.45, 7) is 1.51. The Morgan fingerprint density at radius 1 is 1.22 bits per heavy atom.